The van der Waals surface area contributed by atoms with Crippen molar-refractivity contribution in [1.82, 2.24) is 0 Å². The van der Waals surface area contributed by atoms with Gasteiger partial charge in [0.05, 0.1) is 6.61 Å². The lowest BCUT2D eigenvalue weighted by Gasteiger charge is -1.89. The van der Waals surface area contributed by atoms with E-state index in [1.807, 2.05) is 0 Å². The fraction of sp³-hybridized carbons (Fsp3) is 1.00. The van der Waals surface area contributed by atoms with E-state index in [0.717, 1.165) is 0 Å². The molecule has 9 heavy (non-hydrogen) atoms. The summed E-state index contributed by atoms with van der Waals surface area (Å²) < 4.78 is 24.5. The molecule has 0 heterocycles. The minimum Gasteiger partial charge on any atom is -0.236 e. The van der Waals surface area contributed by atoms with Crippen molar-refractivity contribution in [2.45, 2.75) is 18.8 Å². The van der Waals surface area contributed by atoms with Gasteiger partial charge in [0.15, 0.2) is 0 Å². The molecule has 2 saturated carbocycles. The Labute approximate surface area is 51.7 Å². The van der Waals surface area contributed by atoms with E-state index in [-0.39, 0.29) is 18.9 Å². The van der Waals surface area contributed by atoms with Crippen LogP contribution in [0.25, 0.3) is 0 Å². The van der Waals surface area contributed by atoms with Crippen LogP contribution in [-0.2, 0) is 5.11 Å². The maximum absolute atomic E-state index is 12.3. The third-order valence-electron chi connectivity index (χ3n) is 2.57. The third-order valence-corrected chi connectivity index (χ3v) is 2.57. The number of halogens is 2. The SMILES string of the molecule is [O]CC1CC12CC2(F)F. The van der Waals surface area contributed by atoms with Crippen molar-refractivity contribution in [2.24, 2.45) is 11.3 Å². The standard InChI is InChI=1S/C6H7F2O/c7-6(8)3-5(6)1-4(5)2-9/h4H,1-3H2. The van der Waals surface area contributed by atoms with Gasteiger partial charge in [-0.1, -0.05) is 0 Å². The summed E-state index contributed by atoms with van der Waals surface area (Å²) in [6.07, 6.45) is 0.455. The van der Waals surface area contributed by atoms with Gasteiger partial charge in [-0.05, 0) is 12.3 Å². The van der Waals surface area contributed by atoms with Crippen LogP contribution in [0.5, 0.6) is 0 Å². The van der Waals surface area contributed by atoms with Crippen LogP contribution in [0.4, 0.5) is 8.78 Å². The zero-order valence-electron chi connectivity index (χ0n) is 4.86. The minimum atomic E-state index is -2.47. The van der Waals surface area contributed by atoms with Crippen LogP contribution in [0, 0.1) is 11.3 Å². The first kappa shape index (κ1) is 5.59. The maximum Gasteiger partial charge on any atom is 0.255 e. The lowest BCUT2D eigenvalue weighted by Crippen LogP contribution is -1.97. The van der Waals surface area contributed by atoms with E-state index < -0.39 is 11.3 Å². The molecule has 0 aliphatic heterocycles. The molecule has 2 fully saturated rings. The monoisotopic (exact) mass is 133 g/mol. The molecule has 2 rings (SSSR count). The Bertz CT molecular complexity index is 157. The van der Waals surface area contributed by atoms with Gasteiger partial charge < -0.3 is 0 Å². The molecule has 0 aromatic heterocycles. The molecule has 1 spiro atoms. The molecule has 0 saturated heterocycles. The van der Waals surface area contributed by atoms with Crippen molar-refractivity contribution >= 4 is 0 Å². The number of hydrogen-bond acceptors (Lipinski definition) is 0. The van der Waals surface area contributed by atoms with E-state index in [4.69, 9.17) is 0 Å². The zero-order chi connectivity index (χ0) is 6.70. The summed E-state index contributed by atoms with van der Waals surface area (Å²) in [5.74, 6) is -2.67. The first-order valence-electron chi connectivity index (χ1n) is 3.08. The van der Waals surface area contributed by atoms with Crippen LogP contribution in [0.15, 0.2) is 0 Å². The smallest absolute Gasteiger partial charge is 0.236 e. The molecule has 51 valence electrons. The van der Waals surface area contributed by atoms with E-state index in [2.05, 4.69) is 0 Å². The second kappa shape index (κ2) is 1.15. The summed E-state index contributed by atoms with van der Waals surface area (Å²) in [6, 6.07) is 0. The Morgan fingerprint density at radius 2 is 2.11 bits per heavy atom. The Morgan fingerprint density at radius 1 is 1.56 bits per heavy atom. The summed E-state index contributed by atoms with van der Waals surface area (Å²) in [5.41, 5.74) is -0.783. The van der Waals surface area contributed by atoms with Crippen LogP contribution in [0.1, 0.15) is 12.8 Å². The molecule has 3 heteroatoms. The van der Waals surface area contributed by atoms with Gasteiger partial charge in [-0.25, -0.2) is 13.9 Å². The van der Waals surface area contributed by atoms with E-state index >= 15 is 0 Å². The van der Waals surface area contributed by atoms with E-state index in [0.29, 0.717) is 6.42 Å². The summed E-state index contributed by atoms with van der Waals surface area (Å²) in [5, 5.41) is 10.1. The van der Waals surface area contributed by atoms with Gasteiger partial charge in [-0.15, -0.1) is 0 Å². The zero-order valence-corrected chi connectivity index (χ0v) is 4.86. The van der Waals surface area contributed by atoms with Crippen LogP contribution >= 0.6 is 0 Å². The Balaban J connectivity index is 2.05. The molecule has 0 N–H and O–H groups in total. The number of hydrogen-bond donors (Lipinski definition) is 0. The van der Waals surface area contributed by atoms with Gasteiger partial charge in [0.25, 0.3) is 5.92 Å². The summed E-state index contributed by atoms with van der Waals surface area (Å²) >= 11 is 0. The van der Waals surface area contributed by atoms with Gasteiger partial charge >= 0.3 is 0 Å². The Morgan fingerprint density at radius 3 is 2.22 bits per heavy atom. The second-order valence-electron chi connectivity index (χ2n) is 3.11. The lowest BCUT2D eigenvalue weighted by molar-refractivity contribution is 0.0804. The maximum atomic E-state index is 12.3. The fourth-order valence-corrected chi connectivity index (χ4v) is 1.62. The molecule has 0 amide bonds. The summed E-state index contributed by atoms with van der Waals surface area (Å²) in [4.78, 5) is 0. The molecular formula is C6H7F2O. The third kappa shape index (κ3) is 0.467. The molecule has 1 nitrogen and oxygen atoms in total. The molecule has 2 atom stereocenters. The second-order valence-corrected chi connectivity index (χ2v) is 3.11. The van der Waals surface area contributed by atoms with Gasteiger partial charge in [0.1, 0.15) is 0 Å². The molecule has 2 aliphatic rings. The van der Waals surface area contributed by atoms with Crippen molar-refractivity contribution in [3.8, 4) is 0 Å². The quantitative estimate of drug-likeness (QED) is 0.516. The highest BCUT2D eigenvalue weighted by Crippen LogP contribution is 2.78. The van der Waals surface area contributed by atoms with Crippen molar-refractivity contribution in [3.05, 3.63) is 0 Å². The molecule has 0 aromatic carbocycles. The van der Waals surface area contributed by atoms with Crippen molar-refractivity contribution in [1.29, 1.82) is 0 Å². The van der Waals surface area contributed by atoms with Crippen molar-refractivity contribution in [2.75, 3.05) is 6.61 Å². The first-order valence-corrected chi connectivity index (χ1v) is 3.08. The minimum absolute atomic E-state index is 0.0209. The average molecular weight is 133 g/mol. The van der Waals surface area contributed by atoms with Crippen LogP contribution < -0.4 is 0 Å². The number of alkyl halides is 2. The molecule has 0 bridgehead atoms. The van der Waals surface area contributed by atoms with Crippen LogP contribution in [0.3, 0.4) is 0 Å². The van der Waals surface area contributed by atoms with E-state index in [9.17, 15) is 13.9 Å². The topological polar surface area (TPSA) is 19.9 Å². The molecular weight excluding hydrogens is 126 g/mol. The van der Waals surface area contributed by atoms with E-state index in [1.165, 1.54) is 0 Å². The van der Waals surface area contributed by atoms with Gasteiger partial charge in [0, 0.05) is 11.8 Å². The molecule has 2 aliphatic carbocycles. The highest BCUT2D eigenvalue weighted by Gasteiger charge is 2.83. The Hall–Kier alpha value is -0.180. The van der Waals surface area contributed by atoms with Crippen molar-refractivity contribution < 1.29 is 13.9 Å². The van der Waals surface area contributed by atoms with Gasteiger partial charge in [0.2, 0.25) is 0 Å². The van der Waals surface area contributed by atoms with Crippen LogP contribution in [0.2, 0.25) is 0 Å². The van der Waals surface area contributed by atoms with E-state index in [1.54, 1.807) is 0 Å². The van der Waals surface area contributed by atoms with Gasteiger partial charge in [-0.3, -0.25) is 0 Å². The summed E-state index contributed by atoms with van der Waals surface area (Å²) in [6.45, 7) is -0.310. The lowest BCUT2D eigenvalue weighted by atomic mass is 10.3. The fourth-order valence-electron chi connectivity index (χ4n) is 1.62. The predicted octanol–water partition coefficient (Wildman–Crippen LogP) is 1.46. The highest BCUT2D eigenvalue weighted by molar-refractivity contribution is 5.24. The molecule has 0 aromatic rings. The Kier molecular flexibility index (Phi) is 0.712. The molecule has 2 unspecified atom stereocenters. The van der Waals surface area contributed by atoms with Crippen LogP contribution in [-0.4, -0.2) is 12.5 Å². The van der Waals surface area contributed by atoms with Gasteiger partial charge in [-0.2, -0.15) is 0 Å². The first-order chi connectivity index (χ1) is 4.12. The largest absolute Gasteiger partial charge is 0.255 e. The highest BCUT2D eigenvalue weighted by atomic mass is 19.3. The normalized spacial score (nSPS) is 51.7. The average Bonchev–Trinajstić information content (AvgIpc) is 2.53. The molecule has 1 radical (unpaired) electrons. The number of rotatable bonds is 1. The predicted molar refractivity (Wildman–Crippen MR) is 25.7 cm³/mol. The van der Waals surface area contributed by atoms with Crippen molar-refractivity contribution in [3.63, 3.8) is 0 Å². The summed E-state index contributed by atoms with van der Waals surface area (Å²) in [7, 11) is 0.